The first-order chi connectivity index (χ1) is 8.88. The Balaban J connectivity index is 1.93. The fourth-order valence-corrected chi connectivity index (χ4v) is 1.98. The van der Waals surface area contributed by atoms with Crippen molar-refractivity contribution >= 4 is 0 Å². The molecule has 0 saturated carbocycles. The molecule has 1 fully saturated rings. The largest absolute Gasteiger partial charge is 0.382 e. The molecule has 6 heteroatoms. The van der Waals surface area contributed by atoms with E-state index in [4.69, 9.17) is 19.9 Å². The summed E-state index contributed by atoms with van der Waals surface area (Å²) in [6, 6.07) is 0.445. The maximum absolute atomic E-state index is 5.74. The monoisotopic (exact) mass is 261 g/mol. The minimum absolute atomic E-state index is 0.445. The third kappa shape index (κ3) is 6.63. The maximum atomic E-state index is 5.74. The predicted molar refractivity (Wildman–Crippen MR) is 70.8 cm³/mol. The Labute approximate surface area is 110 Å². The Hall–Kier alpha value is -0.240. The fraction of sp³-hybridized carbons (Fsp3) is 1.00. The molecule has 108 valence electrons. The summed E-state index contributed by atoms with van der Waals surface area (Å²) in [7, 11) is 1.67. The van der Waals surface area contributed by atoms with Crippen LogP contribution in [0, 0.1) is 0 Å². The molecule has 1 aliphatic heterocycles. The number of nitrogens with one attached hydrogen (secondary N) is 1. The van der Waals surface area contributed by atoms with Gasteiger partial charge in [0.05, 0.1) is 33.0 Å². The van der Waals surface area contributed by atoms with Crippen LogP contribution in [0.4, 0.5) is 0 Å². The van der Waals surface area contributed by atoms with Crippen molar-refractivity contribution in [1.29, 1.82) is 0 Å². The standard InChI is InChI=1S/C12H27N3O3/c1-16-6-7-18-9-8-17-5-4-15-3-2-14-11-12(15)10-13/h12,14H,2-11,13H2,1H3. The zero-order valence-electron chi connectivity index (χ0n) is 11.4. The van der Waals surface area contributed by atoms with Crippen LogP contribution in [-0.4, -0.2) is 83.8 Å². The van der Waals surface area contributed by atoms with Crippen LogP contribution in [0.2, 0.25) is 0 Å². The normalized spacial score (nSPS) is 21.3. The molecule has 6 nitrogen and oxygen atoms in total. The highest BCUT2D eigenvalue weighted by atomic mass is 16.5. The van der Waals surface area contributed by atoms with Crippen LogP contribution >= 0.6 is 0 Å². The molecule has 1 atom stereocenters. The van der Waals surface area contributed by atoms with Gasteiger partial charge in [-0.1, -0.05) is 0 Å². The smallest absolute Gasteiger partial charge is 0.0701 e. The van der Waals surface area contributed by atoms with Crippen LogP contribution in [0.25, 0.3) is 0 Å². The van der Waals surface area contributed by atoms with E-state index in [0.29, 0.717) is 39.0 Å². The van der Waals surface area contributed by atoms with Crippen LogP contribution in [-0.2, 0) is 14.2 Å². The van der Waals surface area contributed by atoms with Gasteiger partial charge in [0, 0.05) is 45.9 Å². The molecule has 1 heterocycles. The number of hydrogen-bond acceptors (Lipinski definition) is 6. The van der Waals surface area contributed by atoms with E-state index in [9.17, 15) is 0 Å². The Kier molecular flexibility index (Phi) is 9.37. The highest BCUT2D eigenvalue weighted by Gasteiger charge is 2.19. The van der Waals surface area contributed by atoms with Gasteiger partial charge >= 0.3 is 0 Å². The van der Waals surface area contributed by atoms with Gasteiger partial charge in [-0.3, -0.25) is 4.90 Å². The highest BCUT2D eigenvalue weighted by Crippen LogP contribution is 2.01. The molecule has 1 rings (SSSR count). The van der Waals surface area contributed by atoms with Gasteiger partial charge in [0.15, 0.2) is 0 Å². The van der Waals surface area contributed by atoms with Crippen molar-refractivity contribution in [2.45, 2.75) is 6.04 Å². The quantitative estimate of drug-likeness (QED) is 0.487. The van der Waals surface area contributed by atoms with E-state index in [2.05, 4.69) is 10.2 Å². The van der Waals surface area contributed by atoms with Crippen LogP contribution < -0.4 is 11.1 Å². The molecule has 0 aliphatic carbocycles. The van der Waals surface area contributed by atoms with Gasteiger partial charge < -0.3 is 25.3 Å². The maximum Gasteiger partial charge on any atom is 0.0701 e. The molecule has 1 saturated heterocycles. The molecule has 3 N–H and O–H groups in total. The van der Waals surface area contributed by atoms with Crippen LogP contribution in [0.3, 0.4) is 0 Å². The van der Waals surface area contributed by atoms with Crippen molar-refractivity contribution in [3.63, 3.8) is 0 Å². The summed E-state index contributed by atoms with van der Waals surface area (Å²) in [5.74, 6) is 0. The lowest BCUT2D eigenvalue weighted by Gasteiger charge is -2.35. The second kappa shape index (κ2) is 10.7. The average molecular weight is 261 g/mol. The SMILES string of the molecule is COCCOCCOCCN1CCNCC1CN. The van der Waals surface area contributed by atoms with E-state index in [1.165, 1.54) is 0 Å². The number of methoxy groups -OCH3 is 1. The topological polar surface area (TPSA) is 69.0 Å². The second-order valence-corrected chi connectivity index (χ2v) is 4.35. The van der Waals surface area contributed by atoms with Gasteiger partial charge in [-0.15, -0.1) is 0 Å². The number of nitrogens with zero attached hydrogens (tertiary/aromatic N) is 1. The van der Waals surface area contributed by atoms with Crippen molar-refractivity contribution in [2.75, 3.05) is 72.9 Å². The minimum Gasteiger partial charge on any atom is -0.382 e. The first-order valence-corrected chi connectivity index (χ1v) is 6.67. The Morgan fingerprint density at radius 3 is 2.61 bits per heavy atom. The highest BCUT2D eigenvalue weighted by molar-refractivity contribution is 4.79. The first kappa shape index (κ1) is 15.8. The van der Waals surface area contributed by atoms with Crippen LogP contribution in [0.5, 0.6) is 0 Å². The van der Waals surface area contributed by atoms with Crippen molar-refractivity contribution in [2.24, 2.45) is 5.73 Å². The van der Waals surface area contributed by atoms with E-state index in [1.54, 1.807) is 7.11 Å². The van der Waals surface area contributed by atoms with Gasteiger partial charge in [-0.05, 0) is 0 Å². The van der Waals surface area contributed by atoms with Crippen LogP contribution in [0.1, 0.15) is 0 Å². The number of rotatable bonds is 10. The zero-order chi connectivity index (χ0) is 13.1. The zero-order valence-corrected chi connectivity index (χ0v) is 11.4. The number of piperazine rings is 1. The van der Waals surface area contributed by atoms with Crippen molar-refractivity contribution in [3.8, 4) is 0 Å². The van der Waals surface area contributed by atoms with Gasteiger partial charge in [0.25, 0.3) is 0 Å². The summed E-state index contributed by atoms with van der Waals surface area (Å²) in [5, 5.41) is 3.35. The summed E-state index contributed by atoms with van der Waals surface area (Å²) in [6.45, 7) is 8.00. The average Bonchev–Trinajstić information content (AvgIpc) is 2.42. The van der Waals surface area contributed by atoms with Gasteiger partial charge in [0.1, 0.15) is 0 Å². The second-order valence-electron chi connectivity index (χ2n) is 4.35. The summed E-state index contributed by atoms with van der Waals surface area (Å²) in [4.78, 5) is 2.39. The molecular formula is C12H27N3O3. The molecule has 0 spiro atoms. The fourth-order valence-electron chi connectivity index (χ4n) is 1.98. The van der Waals surface area contributed by atoms with Gasteiger partial charge in [0.2, 0.25) is 0 Å². The molecule has 0 aromatic carbocycles. The molecule has 0 aromatic rings. The molecular weight excluding hydrogens is 234 g/mol. The molecule has 1 unspecified atom stereocenters. The van der Waals surface area contributed by atoms with Crippen LogP contribution in [0.15, 0.2) is 0 Å². The van der Waals surface area contributed by atoms with Gasteiger partial charge in [-0.2, -0.15) is 0 Å². The van der Waals surface area contributed by atoms with E-state index in [-0.39, 0.29) is 0 Å². The molecule has 0 amide bonds. The van der Waals surface area contributed by atoms with Crippen molar-refractivity contribution in [3.05, 3.63) is 0 Å². The molecule has 0 bridgehead atoms. The van der Waals surface area contributed by atoms with E-state index >= 15 is 0 Å². The Bertz CT molecular complexity index is 195. The van der Waals surface area contributed by atoms with Crippen molar-refractivity contribution in [1.82, 2.24) is 10.2 Å². The summed E-state index contributed by atoms with van der Waals surface area (Å²) in [6.07, 6.45) is 0. The van der Waals surface area contributed by atoms with E-state index < -0.39 is 0 Å². The Morgan fingerprint density at radius 1 is 1.17 bits per heavy atom. The first-order valence-electron chi connectivity index (χ1n) is 6.67. The molecule has 1 aliphatic rings. The number of ether oxygens (including phenoxy) is 3. The summed E-state index contributed by atoms with van der Waals surface area (Å²) < 4.78 is 15.7. The third-order valence-electron chi connectivity index (χ3n) is 3.07. The molecule has 0 aromatic heterocycles. The minimum atomic E-state index is 0.445. The summed E-state index contributed by atoms with van der Waals surface area (Å²) >= 11 is 0. The lowest BCUT2D eigenvalue weighted by molar-refractivity contribution is 0.0152. The molecule has 18 heavy (non-hydrogen) atoms. The summed E-state index contributed by atoms with van der Waals surface area (Å²) in [5.41, 5.74) is 5.74. The van der Waals surface area contributed by atoms with E-state index in [0.717, 1.165) is 32.8 Å². The molecule has 0 radical (unpaired) electrons. The van der Waals surface area contributed by atoms with Crippen molar-refractivity contribution < 1.29 is 14.2 Å². The Morgan fingerprint density at radius 2 is 1.89 bits per heavy atom. The number of nitrogens with two attached hydrogens (primary N) is 1. The lowest BCUT2D eigenvalue weighted by Crippen LogP contribution is -2.55. The number of hydrogen-bond donors (Lipinski definition) is 2. The predicted octanol–water partition coefficient (Wildman–Crippen LogP) is -1.10. The van der Waals surface area contributed by atoms with E-state index in [1.807, 2.05) is 0 Å². The van der Waals surface area contributed by atoms with Gasteiger partial charge in [-0.25, -0.2) is 0 Å². The third-order valence-corrected chi connectivity index (χ3v) is 3.07. The lowest BCUT2D eigenvalue weighted by atomic mass is 10.2.